The van der Waals surface area contributed by atoms with E-state index in [0.29, 0.717) is 33.1 Å². The van der Waals surface area contributed by atoms with Gasteiger partial charge in [0.2, 0.25) is 0 Å². The molecule has 0 fully saturated rings. The van der Waals surface area contributed by atoms with Crippen LogP contribution >= 0.6 is 11.6 Å². The number of carbonyl (C=O) groups excluding carboxylic acids is 1. The van der Waals surface area contributed by atoms with E-state index in [2.05, 4.69) is 25.0 Å². The number of hydrogen-bond acceptors (Lipinski definition) is 7. The number of nitrogens with two attached hydrogens (primary N) is 1. The van der Waals surface area contributed by atoms with Gasteiger partial charge in [-0.2, -0.15) is 18.3 Å². The van der Waals surface area contributed by atoms with Gasteiger partial charge in [-0.25, -0.2) is 24.4 Å². The fraction of sp³-hybridized carbons (Fsp3) is 0.125. The van der Waals surface area contributed by atoms with Gasteiger partial charge in [0, 0.05) is 11.6 Å². The highest BCUT2D eigenvalue weighted by Gasteiger charge is 2.38. The van der Waals surface area contributed by atoms with Crippen molar-refractivity contribution in [1.29, 1.82) is 0 Å². The van der Waals surface area contributed by atoms with Crippen molar-refractivity contribution in [2.45, 2.75) is 12.7 Å². The molecule has 0 atom stereocenters. The molecular weight excluding hydrogens is 431 g/mol. The average molecular weight is 442 g/mol. The van der Waals surface area contributed by atoms with Gasteiger partial charge in [0.25, 0.3) is 0 Å². The maximum Gasteiger partial charge on any atom is 0.490 e. The van der Waals surface area contributed by atoms with Crippen LogP contribution in [-0.4, -0.2) is 53.3 Å². The smallest absolute Gasteiger partial charge is 0.475 e. The Balaban J connectivity index is 0.000000318. The predicted molar refractivity (Wildman–Crippen MR) is 99.6 cm³/mol. The third-order valence-electron chi connectivity index (χ3n) is 3.79. The Bertz CT molecular complexity index is 1250. The van der Waals surface area contributed by atoms with Crippen LogP contribution in [0.15, 0.2) is 24.7 Å². The minimum atomic E-state index is -5.08. The number of carboxylic acid groups (broad SMARTS) is 1. The normalized spacial score (nSPS) is 11.3. The molecule has 14 heteroatoms. The molecule has 156 valence electrons. The molecule has 0 aliphatic rings. The van der Waals surface area contributed by atoms with E-state index in [0.717, 1.165) is 11.7 Å². The number of rotatable bonds is 3. The number of carboxylic acids is 1. The molecule has 4 N–H and O–H groups in total. The van der Waals surface area contributed by atoms with Crippen LogP contribution < -0.4 is 5.73 Å². The Morgan fingerprint density at radius 3 is 2.63 bits per heavy atom. The highest BCUT2D eigenvalue weighted by molar-refractivity contribution is 6.38. The number of alkyl halides is 3. The lowest BCUT2D eigenvalue weighted by atomic mass is 10.2. The van der Waals surface area contributed by atoms with E-state index in [-0.39, 0.29) is 12.4 Å². The second-order valence-electron chi connectivity index (χ2n) is 5.67. The molecule has 0 unspecified atom stereocenters. The fourth-order valence-corrected chi connectivity index (χ4v) is 2.85. The molecular formula is C16H11ClF3N7O3. The first-order valence-electron chi connectivity index (χ1n) is 7.98. The zero-order chi connectivity index (χ0) is 22.1. The topological polar surface area (TPSA) is 153 Å². The molecule has 0 bridgehead atoms. The lowest BCUT2D eigenvalue weighted by Gasteiger charge is -1.97. The summed E-state index contributed by atoms with van der Waals surface area (Å²) in [5.41, 5.74) is 8.15. The predicted octanol–water partition coefficient (Wildman–Crippen LogP) is 2.44. The molecule has 0 saturated heterocycles. The van der Waals surface area contributed by atoms with Gasteiger partial charge in [-0.15, -0.1) is 0 Å². The minimum absolute atomic E-state index is 0.0586. The van der Waals surface area contributed by atoms with Crippen LogP contribution in [0.1, 0.15) is 0 Å². The maximum absolute atomic E-state index is 10.9. The van der Waals surface area contributed by atoms with Gasteiger partial charge in [-0.3, -0.25) is 0 Å². The van der Waals surface area contributed by atoms with Gasteiger partial charge in [0.1, 0.15) is 29.8 Å². The summed E-state index contributed by atoms with van der Waals surface area (Å²) in [5.74, 6) is -2.49. The van der Waals surface area contributed by atoms with Crippen molar-refractivity contribution in [2.75, 3.05) is 5.73 Å². The number of anilines is 1. The molecule has 0 radical (unpaired) electrons. The highest BCUT2D eigenvalue weighted by Crippen LogP contribution is 2.37. The van der Waals surface area contributed by atoms with Gasteiger partial charge in [0.05, 0.1) is 22.6 Å². The standard InChI is InChI=1S/C14H10ClN7O.C2HF3O2/c15-9-7-2-1-3-17-13(7)20-11(9)10-8-12(16)18-6-19-14(8)22(21-10)4-5-23;3-2(4,5)1(6)7/h1-3,5-6H,4H2,(H,17,20)(H2,16,18,19);(H,6,7). The first-order valence-corrected chi connectivity index (χ1v) is 8.36. The largest absolute Gasteiger partial charge is 0.490 e. The van der Waals surface area contributed by atoms with E-state index in [4.69, 9.17) is 27.2 Å². The number of aliphatic carboxylic acids is 1. The Hall–Kier alpha value is -3.74. The van der Waals surface area contributed by atoms with Gasteiger partial charge in [-0.05, 0) is 12.1 Å². The zero-order valence-corrected chi connectivity index (χ0v) is 15.4. The molecule has 0 spiro atoms. The van der Waals surface area contributed by atoms with E-state index in [9.17, 15) is 18.0 Å². The first kappa shape index (κ1) is 21.0. The van der Waals surface area contributed by atoms with Crippen molar-refractivity contribution in [1.82, 2.24) is 29.7 Å². The molecule has 0 aliphatic heterocycles. The molecule has 0 amide bonds. The SMILES string of the molecule is Nc1ncnc2c1c(-c1[nH]c3ncccc3c1Cl)nn2CC=O.O=C(O)C(F)(F)F. The number of H-pyrrole nitrogens is 1. The number of nitrogens with zero attached hydrogens (tertiary/aromatic N) is 5. The van der Waals surface area contributed by atoms with Crippen molar-refractivity contribution >= 4 is 51.7 Å². The van der Waals surface area contributed by atoms with E-state index in [1.165, 1.54) is 11.0 Å². The lowest BCUT2D eigenvalue weighted by molar-refractivity contribution is -0.192. The number of nitrogens with one attached hydrogen (secondary N) is 1. The van der Waals surface area contributed by atoms with Crippen molar-refractivity contribution in [3.05, 3.63) is 29.7 Å². The summed E-state index contributed by atoms with van der Waals surface area (Å²) in [7, 11) is 0. The molecule has 0 saturated carbocycles. The van der Waals surface area contributed by atoms with E-state index < -0.39 is 12.1 Å². The Morgan fingerprint density at radius 2 is 2.03 bits per heavy atom. The summed E-state index contributed by atoms with van der Waals surface area (Å²) in [6, 6.07) is 3.65. The lowest BCUT2D eigenvalue weighted by Crippen LogP contribution is -2.21. The minimum Gasteiger partial charge on any atom is -0.475 e. The number of nitrogen functional groups attached to an aromatic ring is 1. The molecule has 10 nitrogen and oxygen atoms in total. The molecule has 4 rings (SSSR count). The molecule has 4 aromatic rings. The first-order chi connectivity index (χ1) is 14.1. The monoisotopic (exact) mass is 441 g/mol. The maximum atomic E-state index is 10.9. The molecule has 4 aromatic heterocycles. The van der Waals surface area contributed by atoms with Gasteiger partial charge >= 0.3 is 12.1 Å². The van der Waals surface area contributed by atoms with E-state index in [1.807, 2.05) is 6.07 Å². The Labute approximate surface area is 169 Å². The summed E-state index contributed by atoms with van der Waals surface area (Å²) in [4.78, 5) is 35.3. The summed E-state index contributed by atoms with van der Waals surface area (Å²) in [6.07, 6.45) is -1.35. The second kappa shape index (κ2) is 7.94. The summed E-state index contributed by atoms with van der Waals surface area (Å²) >= 11 is 6.46. The van der Waals surface area contributed by atoms with Gasteiger partial charge < -0.3 is 20.6 Å². The third kappa shape index (κ3) is 3.87. The third-order valence-corrected chi connectivity index (χ3v) is 4.19. The van der Waals surface area contributed by atoms with E-state index in [1.54, 1.807) is 12.3 Å². The van der Waals surface area contributed by atoms with Crippen molar-refractivity contribution in [2.24, 2.45) is 0 Å². The summed E-state index contributed by atoms with van der Waals surface area (Å²) < 4.78 is 33.2. The Morgan fingerprint density at radius 1 is 1.33 bits per heavy atom. The number of carbonyl (C=O) groups is 2. The van der Waals surface area contributed by atoms with Crippen molar-refractivity contribution in [3.63, 3.8) is 0 Å². The van der Waals surface area contributed by atoms with Crippen LogP contribution in [0, 0.1) is 0 Å². The van der Waals surface area contributed by atoms with Crippen LogP contribution in [0.25, 0.3) is 33.5 Å². The fourth-order valence-electron chi connectivity index (χ4n) is 2.56. The highest BCUT2D eigenvalue weighted by atomic mass is 35.5. The summed E-state index contributed by atoms with van der Waals surface area (Å²) in [5, 5.41) is 13.4. The van der Waals surface area contributed by atoms with Crippen LogP contribution in [0.3, 0.4) is 0 Å². The van der Waals surface area contributed by atoms with Crippen LogP contribution in [0.4, 0.5) is 19.0 Å². The molecule has 4 heterocycles. The second-order valence-corrected chi connectivity index (χ2v) is 6.05. The van der Waals surface area contributed by atoms with E-state index >= 15 is 0 Å². The van der Waals surface area contributed by atoms with Crippen LogP contribution in [-0.2, 0) is 16.1 Å². The quantitative estimate of drug-likeness (QED) is 0.410. The van der Waals surface area contributed by atoms with Crippen LogP contribution in [0.5, 0.6) is 0 Å². The van der Waals surface area contributed by atoms with Crippen LogP contribution in [0.2, 0.25) is 5.02 Å². The number of aromatic amines is 1. The number of halogens is 4. The van der Waals surface area contributed by atoms with Gasteiger partial charge in [0.15, 0.2) is 5.65 Å². The number of fused-ring (bicyclic) bond motifs is 2. The molecule has 0 aromatic carbocycles. The van der Waals surface area contributed by atoms with Crippen molar-refractivity contribution in [3.8, 4) is 11.4 Å². The summed E-state index contributed by atoms with van der Waals surface area (Å²) in [6.45, 7) is 0.0586. The number of aromatic nitrogens is 6. The molecule has 30 heavy (non-hydrogen) atoms. The zero-order valence-electron chi connectivity index (χ0n) is 14.7. The Kier molecular flexibility index (Phi) is 5.56. The van der Waals surface area contributed by atoms with Gasteiger partial charge in [-0.1, -0.05) is 11.6 Å². The average Bonchev–Trinajstić information content (AvgIpc) is 3.21. The number of aldehydes is 1. The number of hydrogen-bond donors (Lipinski definition) is 3. The van der Waals surface area contributed by atoms with Crippen molar-refractivity contribution < 1.29 is 27.9 Å². The molecule has 0 aliphatic carbocycles. The number of pyridine rings is 1.